The second-order valence-electron chi connectivity index (χ2n) is 3.72. The molecule has 0 aliphatic rings. The molecule has 18 heavy (non-hydrogen) atoms. The normalized spacial score (nSPS) is 10.4. The Morgan fingerprint density at radius 3 is 2.06 bits per heavy atom. The Morgan fingerprint density at radius 2 is 1.50 bits per heavy atom. The van der Waals surface area contributed by atoms with Crippen LogP contribution in [-0.2, 0) is 6.54 Å². The van der Waals surface area contributed by atoms with Crippen LogP contribution >= 0.6 is 47.8 Å². The largest absolute Gasteiger partial charge is 0.379 e. The minimum absolute atomic E-state index is 0.218. The van der Waals surface area contributed by atoms with E-state index in [1.54, 1.807) is 12.1 Å². The van der Waals surface area contributed by atoms with Gasteiger partial charge in [0.1, 0.15) is 5.82 Å². The van der Waals surface area contributed by atoms with Gasteiger partial charge in [-0.25, -0.2) is 4.39 Å². The first kappa shape index (κ1) is 14.0. The fourth-order valence-corrected chi connectivity index (χ4v) is 4.04. The Labute approximate surface area is 130 Å². The van der Waals surface area contributed by atoms with Crippen molar-refractivity contribution in [3.05, 3.63) is 61.2 Å². The fourth-order valence-electron chi connectivity index (χ4n) is 1.50. The number of benzene rings is 2. The van der Waals surface area contributed by atoms with Gasteiger partial charge in [0.05, 0.1) is 5.69 Å². The van der Waals surface area contributed by atoms with Crippen molar-refractivity contribution in [2.45, 2.75) is 6.54 Å². The van der Waals surface area contributed by atoms with E-state index in [1.165, 1.54) is 12.1 Å². The van der Waals surface area contributed by atoms with Gasteiger partial charge >= 0.3 is 0 Å². The Kier molecular flexibility index (Phi) is 4.81. The first-order valence-corrected chi connectivity index (χ1v) is 7.57. The molecule has 2 aromatic rings. The molecule has 2 aromatic carbocycles. The van der Waals surface area contributed by atoms with Crippen LogP contribution in [-0.4, -0.2) is 0 Å². The van der Waals surface area contributed by atoms with Crippen LogP contribution in [0, 0.1) is 5.82 Å². The predicted molar refractivity (Wildman–Crippen MR) is 83.3 cm³/mol. The second kappa shape index (κ2) is 6.17. The molecule has 0 radical (unpaired) electrons. The molecule has 0 atom stereocenters. The summed E-state index contributed by atoms with van der Waals surface area (Å²) >= 11 is 10.4. The van der Waals surface area contributed by atoms with Gasteiger partial charge in [0.15, 0.2) is 0 Å². The molecule has 0 aromatic heterocycles. The van der Waals surface area contributed by atoms with E-state index in [2.05, 4.69) is 53.1 Å². The maximum atomic E-state index is 12.8. The molecule has 0 aliphatic heterocycles. The summed E-state index contributed by atoms with van der Waals surface area (Å²) < 4.78 is 15.7. The van der Waals surface area contributed by atoms with Crippen LogP contribution in [0.15, 0.2) is 49.8 Å². The van der Waals surface area contributed by atoms with E-state index in [-0.39, 0.29) is 5.82 Å². The third-order valence-electron chi connectivity index (χ3n) is 2.39. The first-order valence-electron chi connectivity index (χ1n) is 5.19. The summed E-state index contributed by atoms with van der Waals surface area (Å²) in [6, 6.07) is 10.4. The van der Waals surface area contributed by atoms with Crippen molar-refractivity contribution in [2.24, 2.45) is 0 Å². The standard InChI is InChI=1S/C13H9Br3FN/c14-9-5-11(15)13(12(16)6-9)18-7-8-1-3-10(17)4-2-8/h1-6,18H,7H2. The van der Waals surface area contributed by atoms with Crippen molar-refractivity contribution >= 4 is 53.5 Å². The van der Waals surface area contributed by atoms with Crippen LogP contribution in [0.25, 0.3) is 0 Å². The number of halogens is 4. The SMILES string of the molecule is Fc1ccc(CNc2c(Br)cc(Br)cc2Br)cc1. The van der Waals surface area contributed by atoms with E-state index in [1.807, 2.05) is 12.1 Å². The molecule has 0 saturated heterocycles. The van der Waals surface area contributed by atoms with E-state index in [4.69, 9.17) is 0 Å². The zero-order valence-corrected chi connectivity index (χ0v) is 13.9. The smallest absolute Gasteiger partial charge is 0.123 e. The second-order valence-corrected chi connectivity index (χ2v) is 6.35. The minimum Gasteiger partial charge on any atom is -0.379 e. The highest BCUT2D eigenvalue weighted by Crippen LogP contribution is 2.34. The third kappa shape index (κ3) is 3.56. The summed E-state index contributed by atoms with van der Waals surface area (Å²) in [6.45, 7) is 0.638. The van der Waals surface area contributed by atoms with E-state index < -0.39 is 0 Å². The molecule has 0 heterocycles. The molecule has 2 rings (SSSR count). The monoisotopic (exact) mass is 435 g/mol. The Bertz CT molecular complexity index is 532. The zero-order chi connectivity index (χ0) is 13.1. The molecule has 1 nitrogen and oxygen atoms in total. The Morgan fingerprint density at radius 1 is 0.944 bits per heavy atom. The summed E-state index contributed by atoms with van der Waals surface area (Å²) in [6.07, 6.45) is 0. The molecule has 0 amide bonds. The average Bonchev–Trinajstić information content (AvgIpc) is 2.30. The fraction of sp³-hybridized carbons (Fsp3) is 0.0769. The molecule has 0 aliphatic carbocycles. The maximum absolute atomic E-state index is 12.8. The molecule has 0 saturated carbocycles. The molecule has 0 spiro atoms. The predicted octanol–water partition coefficient (Wildman–Crippen LogP) is 5.73. The van der Waals surface area contributed by atoms with Gasteiger partial charge in [-0.15, -0.1) is 0 Å². The summed E-state index contributed by atoms with van der Waals surface area (Å²) in [5.74, 6) is -0.218. The lowest BCUT2D eigenvalue weighted by atomic mass is 10.2. The number of rotatable bonds is 3. The lowest BCUT2D eigenvalue weighted by Crippen LogP contribution is -2.01. The molecule has 5 heteroatoms. The quantitative estimate of drug-likeness (QED) is 0.647. The van der Waals surface area contributed by atoms with Crippen molar-refractivity contribution in [3.63, 3.8) is 0 Å². The average molecular weight is 438 g/mol. The van der Waals surface area contributed by atoms with Gasteiger partial charge in [0, 0.05) is 20.0 Å². The van der Waals surface area contributed by atoms with Gasteiger partial charge < -0.3 is 5.32 Å². The topological polar surface area (TPSA) is 12.0 Å². The van der Waals surface area contributed by atoms with Gasteiger partial charge in [-0.3, -0.25) is 0 Å². The van der Waals surface area contributed by atoms with Crippen LogP contribution < -0.4 is 5.32 Å². The molecular weight excluding hydrogens is 429 g/mol. The summed E-state index contributed by atoms with van der Waals surface area (Å²) in [7, 11) is 0. The van der Waals surface area contributed by atoms with Crippen molar-refractivity contribution in [1.82, 2.24) is 0 Å². The van der Waals surface area contributed by atoms with Crippen LogP contribution in [0.3, 0.4) is 0 Å². The van der Waals surface area contributed by atoms with Crippen LogP contribution in [0.2, 0.25) is 0 Å². The third-order valence-corrected chi connectivity index (χ3v) is 4.10. The maximum Gasteiger partial charge on any atom is 0.123 e. The molecule has 0 bridgehead atoms. The molecule has 94 valence electrons. The van der Waals surface area contributed by atoms with Gasteiger partial charge in [-0.1, -0.05) is 28.1 Å². The number of hydrogen-bond donors (Lipinski definition) is 1. The van der Waals surface area contributed by atoms with Gasteiger partial charge in [0.25, 0.3) is 0 Å². The summed E-state index contributed by atoms with van der Waals surface area (Å²) in [4.78, 5) is 0. The molecule has 1 N–H and O–H groups in total. The Hall–Kier alpha value is -0.390. The van der Waals surface area contributed by atoms with E-state index in [0.717, 1.165) is 24.7 Å². The van der Waals surface area contributed by atoms with Crippen molar-refractivity contribution in [1.29, 1.82) is 0 Å². The van der Waals surface area contributed by atoms with Gasteiger partial charge in [-0.2, -0.15) is 0 Å². The lowest BCUT2D eigenvalue weighted by molar-refractivity contribution is 0.627. The van der Waals surface area contributed by atoms with Crippen molar-refractivity contribution < 1.29 is 4.39 Å². The number of nitrogens with one attached hydrogen (secondary N) is 1. The molecule has 0 fully saturated rings. The van der Waals surface area contributed by atoms with E-state index >= 15 is 0 Å². The van der Waals surface area contributed by atoms with E-state index in [9.17, 15) is 4.39 Å². The number of hydrogen-bond acceptors (Lipinski definition) is 1. The highest BCUT2D eigenvalue weighted by Gasteiger charge is 2.06. The van der Waals surface area contributed by atoms with E-state index in [0.29, 0.717) is 6.54 Å². The van der Waals surface area contributed by atoms with Crippen molar-refractivity contribution in [2.75, 3.05) is 5.32 Å². The van der Waals surface area contributed by atoms with Gasteiger partial charge in [-0.05, 0) is 61.7 Å². The zero-order valence-electron chi connectivity index (χ0n) is 9.18. The van der Waals surface area contributed by atoms with Crippen LogP contribution in [0.4, 0.5) is 10.1 Å². The molecule has 0 unspecified atom stereocenters. The van der Waals surface area contributed by atoms with Gasteiger partial charge in [0.2, 0.25) is 0 Å². The first-order chi connectivity index (χ1) is 8.56. The summed E-state index contributed by atoms with van der Waals surface area (Å²) in [5.41, 5.74) is 2.00. The van der Waals surface area contributed by atoms with Crippen LogP contribution in [0.5, 0.6) is 0 Å². The lowest BCUT2D eigenvalue weighted by Gasteiger charge is -2.11. The highest BCUT2D eigenvalue weighted by molar-refractivity contribution is 9.11. The Balaban J connectivity index is 2.13. The minimum atomic E-state index is -0.218. The van der Waals surface area contributed by atoms with Crippen LogP contribution in [0.1, 0.15) is 5.56 Å². The highest BCUT2D eigenvalue weighted by atomic mass is 79.9. The van der Waals surface area contributed by atoms with Crippen molar-refractivity contribution in [3.8, 4) is 0 Å². The molecular formula is C13H9Br3FN. The number of anilines is 1. The summed E-state index contributed by atoms with van der Waals surface area (Å²) in [5, 5.41) is 3.31.